The number of hydrogen-bond donors (Lipinski definition) is 0. The monoisotopic (exact) mass is 169 g/mol. The molecule has 0 amide bonds. The van der Waals surface area contributed by atoms with E-state index in [-0.39, 0.29) is 5.92 Å². The molecule has 0 heterocycles. The molecular weight excluding hydrogens is 155 g/mol. The molecule has 4 saturated carbocycles. The third kappa shape index (κ3) is 0.769. The molecule has 0 aromatic heterocycles. The molecule has 2 heteroatoms. The number of alkyl halides is 1. The Kier molecular flexibility index (Phi) is 1.24. The lowest BCUT2D eigenvalue weighted by Gasteiger charge is -2.54. The summed E-state index contributed by atoms with van der Waals surface area (Å²) in [6.45, 7) is 0. The van der Waals surface area contributed by atoms with Crippen molar-refractivity contribution in [3.05, 3.63) is 0 Å². The number of hydrogen-bond acceptors (Lipinski definition) is 0. The molecule has 4 fully saturated rings. The minimum absolute atomic E-state index is 0.182. The van der Waals surface area contributed by atoms with Gasteiger partial charge in [0.1, 0.15) is 11.8 Å². The molecule has 4 aliphatic carbocycles. The topological polar surface area (TPSA) is 19.9 Å². The van der Waals surface area contributed by atoms with Crippen LogP contribution in [0.15, 0.2) is 0 Å². The summed E-state index contributed by atoms with van der Waals surface area (Å²) in [5.41, 5.74) is -1.30. The fourth-order valence-electron chi connectivity index (χ4n) is 3.89. The lowest BCUT2D eigenvalue weighted by molar-refractivity contribution is -0.188. The normalized spacial score (nSPS) is 62.5. The quantitative estimate of drug-likeness (QED) is 0.530. The third-order valence-electron chi connectivity index (χ3n) is 4.13. The fraction of sp³-hybridized carbons (Fsp3) is 1.00. The van der Waals surface area contributed by atoms with Gasteiger partial charge in [0.2, 0.25) is 0 Å². The molecule has 4 rings (SSSR count). The predicted octanol–water partition coefficient (Wildman–Crippen LogP) is 2.33. The molecule has 4 bridgehead atoms. The summed E-state index contributed by atoms with van der Waals surface area (Å²) in [7, 11) is 0. The van der Waals surface area contributed by atoms with Crippen LogP contribution in [0.1, 0.15) is 32.1 Å². The molecule has 4 aliphatic rings. The van der Waals surface area contributed by atoms with Crippen molar-refractivity contribution >= 4 is 0 Å². The van der Waals surface area contributed by atoms with Crippen molar-refractivity contribution < 1.29 is 9.50 Å². The van der Waals surface area contributed by atoms with Gasteiger partial charge in [0, 0.05) is 0 Å². The summed E-state index contributed by atoms with van der Waals surface area (Å²) in [6.07, 6.45) is 3.52. The molecule has 67 valence electrons. The zero-order valence-electron chi connectivity index (χ0n) is 7.13. The minimum atomic E-state index is -1.30. The summed E-state index contributed by atoms with van der Waals surface area (Å²) in [4.78, 5) is 0. The lowest BCUT2D eigenvalue weighted by atomic mass is 9.53. The molecule has 3 unspecified atom stereocenters. The van der Waals surface area contributed by atoms with E-state index < -0.39 is 11.8 Å². The number of rotatable bonds is 0. The zero-order valence-corrected chi connectivity index (χ0v) is 7.13. The Morgan fingerprint density at radius 1 is 1.08 bits per heavy atom. The van der Waals surface area contributed by atoms with Crippen LogP contribution in [-0.4, -0.2) is 11.8 Å². The van der Waals surface area contributed by atoms with Gasteiger partial charge >= 0.3 is 0 Å². The van der Waals surface area contributed by atoms with E-state index in [1.165, 1.54) is 6.42 Å². The molecule has 1 nitrogen and oxygen atoms in total. The van der Waals surface area contributed by atoms with Crippen molar-refractivity contribution in [3.8, 4) is 0 Å². The second-order valence-electron chi connectivity index (χ2n) is 5.06. The van der Waals surface area contributed by atoms with Crippen LogP contribution in [-0.2, 0) is 5.11 Å². The van der Waals surface area contributed by atoms with Gasteiger partial charge in [-0.25, -0.2) is 9.50 Å². The van der Waals surface area contributed by atoms with E-state index in [1.807, 2.05) is 0 Å². The van der Waals surface area contributed by atoms with Gasteiger partial charge in [0.15, 0.2) is 0 Å². The summed E-state index contributed by atoms with van der Waals surface area (Å²) in [5.74, 6) is 1.29. The van der Waals surface area contributed by atoms with Crippen LogP contribution in [0.4, 0.5) is 4.39 Å². The zero-order chi connectivity index (χ0) is 8.34. The van der Waals surface area contributed by atoms with Crippen molar-refractivity contribution in [2.24, 2.45) is 17.8 Å². The smallest absolute Gasteiger partial charge is 0.141 e. The molecule has 0 N–H and O–H groups in total. The van der Waals surface area contributed by atoms with Gasteiger partial charge in [-0.3, -0.25) is 0 Å². The van der Waals surface area contributed by atoms with Crippen LogP contribution in [0.5, 0.6) is 0 Å². The van der Waals surface area contributed by atoms with Crippen molar-refractivity contribution in [2.45, 2.75) is 43.9 Å². The van der Waals surface area contributed by atoms with E-state index in [9.17, 15) is 9.50 Å². The first kappa shape index (κ1) is 7.31. The maximum atomic E-state index is 14.0. The van der Waals surface area contributed by atoms with E-state index in [1.54, 1.807) is 0 Å². The second-order valence-corrected chi connectivity index (χ2v) is 5.06. The molecule has 0 saturated heterocycles. The Balaban J connectivity index is 1.97. The Morgan fingerprint density at radius 3 is 2.17 bits per heavy atom. The first-order valence-electron chi connectivity index (χ1n) is 5.02. The Labute approximate surface area is 72.0 Å². The summed E-state index contributed by atoms with van der Waals surface area (Å²) < 4.78 is 14.0. The van der Waals surface area contributed by atoms with Crippen LogP contribution < -0.4 is 0 Å². The maximum absolute atomic E-state index is 14.0. The SMILES string of the molecule is [O]C1C2C[C@@H]3C[C@H](C2)CC1(F)C3. The predicted molar refractivity (Wildman–Crippen MR) is 41.9 cm³/mol. The molecular formula is C10H14FO. The van der Waals surface area contributed by atoms with Gasteiger partial charge in [0.05, 0.1) is 0 Å². The molecule has 5 atom stereocenters. The van der Waals surface area contributed by atoms with Crippen molar-refractivity contribution in [2.75, 3.05) is 0 Å². The van der Waals surface area contributed by atoms with Crippen LogP contribution in [0, 0.1) is 17.8 Å². The van der Waals surface area contributed by atoms with E-state index in [2.05, 4.69) is 0 Å². The Morgan fingerprint density at radius 2 is 1.67 bits per heavy atom. The first-order valence-corrected chi connectivity index (χ1v) is 5.02. The van der Waals surface area contributed by atoms with Crippen LogP contribution in [0.25, 0.3) is 0 Å². The van der Waals surface area contributed by atoms with E-state index in [0.29, 0.717) is 24.7 Å². The van der Waals surface area contributed by atoms with Crippen LogP contribution in [0.2, 0.25) is 0 Å². The van der Waals surface area contributed by atoms with E-state index >= 15 is 0 Å². The largest absolute Gasteiger partial charge is 0.241 e. The molecule has 0 aromatic carbocycles. The number of halogens is 1. The molecule has 0 aliphatic heterocycles. The molecule has 0 aromatic rings. The maximum Gasteiger partial charge on any atom is 0.141 e. The molecule has 0 spiro atoms. The highest BCUT2D eigenvalue weighted by atomic mass is 19.1. The third-order valence-corrected chi connectivity index (χ3v) is 4.13. The van der Waals surface area contributed by atoms with Crippen molar-refractivity contribution in [3.63, 3.8) is 0 Å². The van der Waals surface area contributed by atoms with Gasteiger partial charge in [-0.2, -0.15) is 0 Å². The average Bonchev–Trinajstić information content (AvgIpc) is 1.98. The lowest BCUT2D eigenvalue weighted by Crippen LogP contribution is -2.57. The standard InChI is InChI=1S/C10H14FO/c11-10-4-6-1-7(5-10)3-8(2-6)9(10)12/h6-9H,1-5H2/t6-,7+,8?,9?,10?. The first-order chi connectivity index (χ1) is 5.67. The molecule has 1 radical (unpaired) electrons. The van der Waals surface area contributed by atoms with Gasteiger partial charge < -0.3 is 0 Å². The van der Waals surface area contributed by atoms with Crippen molar-refractivity contribution in [1.29, 1.82) is 0 Å². The fourth-order valence-corrected chi connectivity index (χ4v) is 3.89. The van der Waals surface area contributed by atoms with Gasteiger partial charge in [0.25, 0.3) is 0 Å². The second kappa shape index (κ2) is 2.03. The van der Waals surface area contributed by atoms with Gasteiger partial charge in [-0.15, -0.1) is 0 Å². The summed E-state index contributed by atoms with van der Waals surface area (Å²) in [5, 5.41) is 11.6. The van der Waals surface area contributed by atoms with E-state index in [0.717, 1.165) is 12.8 Å². The Hall–Kier alpha value is -0.110. The molecule has 12 heavy (non-hydrogen) atoms. The van der Waals surface area contributed by atoms with Gasteiger partial charge in [-0.05, 0) is 49.9 Å². The summed E-state index contributed by atoms with van der Waals surface area (Å²) in [6, 6.07) is 0. The summed E-state index contributed by atoms with van der Waals surface area (Å²) >= 11 is 0. The van der Waals surface area contributed by atoms with Gasteiger partial charge in [-0.1, -0.05) is 0 Å². The van der Waals surface area contributed by atoms with Crippen molar-refractivity contribution in [1.82, 2.24) is 0 Å². The highest BCUT2D eigenvalue weighted by Gasteiger charge is 2.58. The minimum Gasteiger partial charge on any atom is -0.241 e. The van der Waals surface area contributed by atoms with E-state index in [4.69, 9.17) is 0 Å². The van der Waals surface area contributed by atoms with Crippen LogP contribution in [0.3, 0.4) is 0 Å². The average molecular weight is 169 g/mol. The highest BCUT2D eigenvalue weighted by Crippen LogP contribution is 2.57. The van der Waals surface area contributed by atoms with Crippen LogP contribution >= 0.6 is 0 Å². The Bertz CT molecular complexity index is 202. The highest BCUT2D eigenvalue weighted by molar-refractivity contribution is 5.07.